The Bertz CT molecular complexity index is 414. The molecule has 2 fully saturated rings. The molecule has 0 bridgehead atoms. The summed E-state index contributed by atoms with van der Waals surface area (Å²) in [6.45, 7) is 11.0. The molecular formula is C16H27NO3. The topological polar surface area (TPSA) is 46.6 Å². The highest BCUT2D eigenvalue weighted by molar-refractivity contribution is 5.94. The normalized spacial score (nSPS) is 24.1. The van der Waals surface area contributed by atoms with Gasteiger partial charge in [-0.1, -0.05) is 27.7 Å². The Labute approximate surface area is 121 Å². The Morgan fingerprint density at radius 2 is 1.55 bits per heavy atom. The Hall–Kier alpha value is -1.06. The number of nitrogens with zero attached hydrogens (tertiary/aromatic N) is 1. The number of hydrogen-bond acceptors (Lipinski definition) is 3. The summed E-state index contributed by atoms with van der Waals surface area (Å²) < 4.78 is 5.77. The number of carbonyl (C=O) groups excluding carboxylic acids is 2. The van der Waals surface area contributed by atoms with Crippen molar-refractivity contribution in [3.8, 4) is 0 Å². The van der Waals surface area contributed by atoms with Crippen LogP contribution in [-0.2, 0) is 9.53 Å². The molecule has 1 atom stereocenters. The number of ether oxygens (including phenoxy) is 1. The molecule has 4 nitrogen and oxygen atoms in total. The minimum absolute atomic E-state index is 0.0255. The minimum atomic E-state index is -1.01. The van der Waals surface area contributed by atoms with Crippen molar-refractivity contribution >= 4 is 11.9 Å². The van der Waals surface area contributed by atoms with Gasteiger partial charge in [-0.2, -0.15) is 0 Å². The largest absolute Gasteiger partial charge is 0.434 e. The number of rotatable bonds is 3. The third-order valence-corrected chi connectivity index (χ3v) is 4.92. The van der Waals surface area contributed by atoms with E-state index in [1.165, 1.54) is 0 Å². The number of carbonyl (C=O) groups is 2. The Morgan fingerprint density at radius 3 is 1.95 bits per heavy atom. The molecule has 0 aromatic rings. The number of hydrogen-bond donors (Lipinski definition) is 0. The number of amides is 1. The van der Waals surface area contributed by atoms with Gasteiger partial charge in [-0.3, -0.25) is 4.79 Å². The molecule has 1 aliphatic heterocycles. The van der Waals surface area contributed by atoms with Crippen molar-refractivity contribution in [3.63, 3.8) is 0 Å². The molecule has 114 valence electrons. The summed E-state index contributed by atoms with van der Waals surface area (Å²) >= 11 is 0. The third kappa shape index (κ3) is 2.57. The van der Waals surface area contributed by atoms with Gasteiger partial charge in [-0.25, -0.2) is 4.79 Å². The summed E-state index contributed by atoms with van der Waals surface area (Å²) in [4.78, 5) is 26.9. The lowest BCUT2D eigenvalue weighted by Crippen LogP contribution is -2.53. The highest BCUT2D eigenvalue weighted by Crippen LogP contribution is 2.57. The molecule has 0 N–H and O–H groups in total. The summed E-state index contributed by atoms with van der Waals surface area (Å²) in [6, 6.07) is 0. The summed E-state index contributed by atoms with van der Waals surface area (Å²) in [6.07, 6.45) is 3.61. The van der Waals surface area contributed by atoms with Crippen LogP contribution in [0.5, 0.6) is 0 Å². The molecule has 20 heavy (non-hydrogen) atoms. The molecule has 0 aromatic carbocycles. The maximum Gasteiger partial charge on any atom is 0.410 e. The van der Waals surface area contributed by atoms with Crippen LogP contribution >= 0.6 is 0 Å². The zero-order valence-corrected chi connectivity index (χ0v) is 13.4. The van der Waals surface area contributed by atoms with Crippen molar-refractivity contribution in [2.75, 3.05) is 13.1 Å². The van der Waals surface area contributed by atoms with Gasteiger partial charge in [0.25, 0.3) is 0 Å². The van der Waals surface area contributed by atoms with E-state index in [4.69, 9.17) is 4.74 Å². The molecular weight excluding hydrogens is 254 g/mol. The van der Waals surface area contributed by atoms with E-state index in [-0.39, 0.29) is 17.3 Å². The number of ketones is 1. The minimum Gasteiger partial charge on any atom is -0.434 e. The summed E-state index contributed by atoms with van der Waals surface area (Å²) in [7, 11) is 0. The van der Waals surface area contributed by atoms with Gasteiger partial charge in [-0.15, -0.1) is 0 Å². The van der Waals surface area contributed by atoms with E-state index < -0.39 is 11.0 Å². The summed E-state index contributed by atoms with van der Waals surface area (Å²) in [5, 5.41) is 0. The van der Waals surface area contributed by atoms with Gasteiger partial charge in [-0.05, 0) is 32.6 Å². The van der Waals surface area contributed by atoms with Crippen LogP contribution in [-0.4, -0.2) is 35.5 Å². The van der Waals surface area contributed by atoms with E-state index in [9.17, 15) is 9.59 Å². The molecule has 2 rings (SSSR count). The van der Waals surface area contributed by atoms with E-state index >= 15 is 0 Å². The molecule has 1 saturated carbocycles. The summed E-state index contributed by atoms with van der Waals surface area (Å²) in [5.41, 5.74) is -1.72. The second-order valence-corrected chi connectivity index (χ2v) is 7.74. The van der Waals surface area contributed by atoms with Gasteiger partial charge < -0.3 is 9.64 Å². The number of Topliss-reactive ketones (excluding diaryl/α,β-unsaturated/α-hetero) is 1. The molecule has 1 amide bonds. The molecule has 0 unspecified atom stereocenters. The van der Waals surface area contributed by atoms with Gasteiger partial charge in [0, 0.05) is 23.9 Å². The lowest BCUT2D eigenvalue weighted by molar-refractivity contribution is -0.152. The Kier molecular flexibility index (Phi) is 3.64. The summed E-state index contributed by atoms with van der Waals surface area (Å²) in [5.74, 6) is 0.0255. The van der Waals surface area contributed by atoms with Crippen LogP contribution in [0.1, 0.15) is 60.3 Å². The molecule has 0 aromatic heterocycles. The molecule has 0 spiro atoms. The van der Waals surface area contributed by atoms with Crippen molar-refractivity contribution < 1.29 is 14.3 Å². The first-order chi connectivity index (χ1) is 9.10. The highest BCUT2D eigenvalue weighted by Gasteiger charge is 2.62. The smallest absolute Gasteiger partial charge is 0.410 e. The van der Waals surface area contributed by atoms with Gasteiger partial charge in [0.1, 0.15) is 0 Å². The SMILES string of the molecule is CC(C)(C)C(=O)[C@](C)(OC(=O)N1CCCC1)C1(C)CC1. The Balaban J connectivity index is 2.20. The molecule has 1 aliphatic carbocycles. The quantitative estimate of drug-likeness (QED) is 0.796. The average molecular weight is 281 g/mol. The lowest BCUT2D eigenvalue weighted by atomic mass is 9.73. The zero-order valence-electron chi connectivity index (χ0n) is 13.4. The van der Waals surface area contributed by atoms with E-state index in [0.29, 0.717) is 0 Å². The van der Waals surface area contributed by atoms with Crippen LogP contribution in [0.15, 0.2) is 0 Å². The van der Waals surface area contributed by atoms with Gasteiger partial charge in [0.15, 0.2) is 11.4 Å². The van der Waals surface area contributed by atoms with E-state index in [2.05, 4.69) is 0 Å². The fraction of sp³-hybridized carbons (Fsp3) is 0.875. The predicted octanol–water partition coefficient (Wildman–Crippen LogP) is 3.39. The van der Waals surface area contributed by atoms with Crippen LogP contribution in [0, 0.1) is 10.8 Å². The van der Waals surface area contributed by atoms with Crippen LogP contribution in [0.4, 0.5) is 4.79 Å². The standard InChI is InChI=1S/C16H27NO3/c1-14(2,3)12(18)16(5,15(4)8-9-15)20-13(19)17-10-6-7-11-17/h6-11H2,1-5H3/t16-/m0/s1. The highest BCUT2D eigenvalue weighted by atomic mass is 16.6. The molecule has 1 heterocycles. The fourth-order valence-corrected chi connectivity index (χ4v) is 2.96. The predicted molar refractivity (Wildman–Crippen MR) is 77.5 cm³/mol. The van der Waals surface area contributed by atoms with Gasteiger partial charge in [0.2, 0.25) is 0 Å². The zero-order chi connectivity index (χ0) is 15.2. The molecule has 4 heteroatoms. The second-order valence-electron chi connectivity index (χ2n) is 7.74. The van der Waals surface area contributed by atoms with Crippen molar-refractivity contribution in [2.24, 2.45) is 10.8 Å². The van der Waals surface area contributed by atoms with Crippen LogP contribution < -0.4 is 0 Å². The van der Waals surface area contributed by atoms with Crippen LogP contribution in [0.3, 0.4) is 0 Å². The first kappa shape index (κ1) is 15.3. The van der Waals surface area contributed by atoms with Crippen LogP contribution in [0.2, 0.25) is 0 Å². The van der Waals surface area contributed by atoms with Crippen molar-refractivity contribution in [2.45, 2.75) is 65.9 Å². The van der Waals surface area contributed by atoms with Crippen molar-refractivity contribution in [1.82, 2.24) is 4.90 Å². The average Bonchev–Trinajstić information content (AvgIpc) is 2.91. The van der Waals surface area contributed by atoms with E-state index in [0.717, 1.165) is 38.8 Å². The third-order valence-electron chi connectivity index (χ3n) is 4.92. The fourth-order valence-electron chi connectivity index (χ4n) is 2.96. The van der Waals surface area contributed by atoms with E-state index in [1.807, 2.05) is 34.6 Å². The maximum atomic E-state index is 12.8. The van der Waals surface area contributed by atoms with Crippen LogP contribution in [0.25, 0.3) is 0 Å². The first-order valence-electron chi connectivity index (χ1n) is 7.63. The van der Waals surface area contributed by atoms with Gasteiger partial charge >= 0.3 is 6.09 Å². The molecule has 2 aliphatic rings. The molecule has 1 saturated heterocycles. The monoisotopic (exact) mass is 281 g/mol. The van der Waals surface area contributed by atoms with Crippen molar-refractivity contribution in [3.05, 3.63) is 0 Å². The Morgan fingerprint density at radius 1 is 1.05 bits per heavy atom. The first-order valence-corrected chi connectivity index (χ1v) is 7.63. The number of likely N-dealkylation sites (tertiary alicyclic amines) is 1. The molecule has 0 radical (unpaired) electrons. The second kappa shape index (κ2) is 4.74. The van der Waals surface area contributed by atoms with Crippen molar-refractivity contribution in [1.29, 1.82) is 0 Å². The maximum absolute atomic E-state index is 12.8. The lowest BCUT2D eigenvalue weighted by Gasteiger charge is -2.39. The van der Waals surface area contributed by atoms with E-state index in [1.54, 1.807) is 4.90 Å². The van der Waals surface area contributed by atoms with Gasteiger partial charge in [0.05, 0.1) is 0 Å².